The number of aromatic nitrogens is 3. The summed E-state index contributed by atoms with van der Waals surface area (Å²) in [6, 6.07) is 1.19. The molecule has 10 heteroatoms. The van der Waals surface area contributed by atoms with Gasteiger partial charge in [0.2, 0.25) is 11.7 Å². The average Bonchev–Trinajstić information content (AvgIpc) is 3.07. The highest BCUT2D eigenvalue weighted by Crippen LogP contribution is 2.33. The number of rotatable bonds is 4. The normalized spacial score (nSPS) is 17.4. The number of pyridine rings is 1. The summed E-state index contributed by atoms with van der Waals surface area (Å²) >= 11 is 0. The Bertz CT molecular complexity index is 805. The van der Waals surface area contributed by atoms with Gasteiger partial charge in [0.25, 0.3) is 0 Å². The molecule has 0 aliphatic carbocycles. The lowest BCUT2D eigenvalue weighted by molar-refractivity contribution is -0.384. The number of carbonyl (C=O) groups is 1. The van der Waals surface area contributed by atoms with Gasteiger partial charge in [0.05, 0.1) is 23.5 Å². The number of aryl methyl sites for hydroxylation is 1. The Labute approximate surface area is 142 Å². The molecule has 0 N–H and O–H groups in total. The lowest BCUT2D eigenvalue weighted by atomic mass is 9.98. The van der Waals surface area contributed by atoms with E-state index in [1.807, 2.05) is 4.90 Å². The summed E-state index contributed by atoms with van der Waals surface area (Å²) in [6.07, 6.45) is 2.95. The fourth-order valence-corrected chi connectivity index (χ4v) is 2.90. The number of hydrogen-bond acceptors (Lipinski definition) is 9. The summed E-state index contributed by atoms with van der Waals surface area (Å²) in [5.41, 5.74) is -0.190. The van der Waals surface area contributed by atoms with Crippen LogP contribution in [0.5, 0.6) is 0 Å². The number of esters is 1. The third kappa shape index (κ3) is 3.42. The highest BCUT2D eigenvalue weighted by Gasteiger charge is 2.31. The van der Waals surface area contributed by atoms with Crippen LogP contribution in [-0.2, 0) is 4.74 Å². The van der Waals surface area contributed by atoms with Gasteiger partial charge in [-0.15, -0.1) is 0 Å². The molecule has 3 rings (SSSR count). The summed E-state index contributed by atoms with van der Waals surface area (Å²) in [5.74, 6) is 0.616. The van der Waals surface area contributed by atoms with Crippen LogP contribution < -0.4 is 4.90 Å². The van der Waals surface area contributed by atoms with Crippen LogP contribution in [0.15, 0.2) is 16.8 Å². The molecule has 0 bridgehead atoms. The topological polar surface area (TPSA) is 124 Å². The van der Waals surface area contributed by atoms with Crippen LogP contribution >= 0.6 is 0 Å². The summed E-state index contributed by atoms with van der Waals surface area (Å²) < 4.78 is 9.82. The first-order valence-electron chi connectivity index (χ1n) is 7.77. The van der Waals surface area contributed by atoms with E-state index in [9.17, 15) is 14.9 Å². The first-order valence-corrected chi connectivity index (χ1v) is 7.77. The Morgan fingerprint density at radius 2 is 2.32 bits per heavy atom. The number of methoxy groups -OCH3 is 1. The molecule has 0 aromatic carbocycles. The van der Waals surface area contributed by atoms with Gasteiger partial charge >= 0.3 is 11.7 Å². The predicted octanol–water partition coefficient (Wildman–Crippen LogP) is 1.85. The van der Waals surface area contributed by atoms with Crippen LogP contribution in [0.2, 0.25) is 0 Å². The Balaban J connectivity index is 1.89. The molecular weight excluding hydrogens is 330 g/mol. The lowest BCUT2D eigenvalue weighted by Gasteiger charge is -2.31. The molecule has 1 saturated heterocycles. The van der Waals surface area contributed by atoms with Gasteiger partial charge in [0.15, 0.2) is 5.82 Å². The average molecular weight is 347 g/mol. The van der Waals surface area contributed by atoms with Gasteiger partial charge in [-0.1, -0.05) is 5.16 Å². The Hall–Kier alpha value is -3.04. The van der Waals surface area contributed by atoms with Crippen LogP contribution in [-0.4, -0.2) is 46.2 Å². The molecule has 0 spiro atoms. The number of nitro groups is 1. The molecule has 132 valence electrons. The molecule has 1 unspecified atom stereocenters. The summed E-state index contributed by atoms with van der Waals surface area (Å²) in [7, 11) is 1.21. The Morgan fingerprint density at radius 1 is 1.52 bits per heavy atom. The van der Waals surface area contributed by atoms with Gasteiger partial charge in [-0.3, -0.25) is 10.1 Å². The van der Waals surface area contributed by atoms with Crippen LogP contribution in [0.1, 0.15) is 40.8 Å². The van der Waals surface area contributed by atoms with E-state index in [1.165, 1.54) is 19.4 Å². The van der Waals surface area contributed by atoms with Gasteiger partial charge in [0.1, 0.15) is 0 Å². The number of anilines is 1. The minimum absolute atomic E-state index is 0.0170. The van der Waals surface area contributed by atoms with E-state index in [1.54, 1.807) is 6.92 Å². The van der Waals surface area contributed by atoms with Crippen molar-refractivity contribution in [2.45, 2.75) is 25.7 Å². The molecule has 2 aromatic heterocycles. The molecule has 1 aliphatic rings. The molecule has 1 aliphatic heterocycles. The van der Waals surface area contributed by atoms with E-state index < -0.39 is 10.9 Å². The maximum atomic E-state index is 11.6. The quantitative estimate of drug-likeness (QED) is 0.463. The third-order valence-electron chi connectivity index (χ3n) is 4.08. The maximum absolute atomic E-state index is 11.6. The van der Waals surface area contributed by atoms with Crippen molar-refractivity contribution in [3.05, 3.63) is 39.7 Å². The third-order valence-corrected chi connectivity index (χ3v) is 4.08. The van der Waals surface area contributed by atoms with Crippen molar-refractivity contribution in [1.29, 1.82) is 0 Å². The fraction of sp³-hybridized carbons (Fsp3) is 0.467. The molecule has 0 saturated carbocycles. The number of nitrogens with zero attached hydrogens (tertiary/aromatic N) is 5. The highest BCUT2D eigenvalue weighted by atomic mass is 16.6. The molecule has 25 heavy (non-hydrogen) atoms. The number of ether oxygens (including phenoxy) is 1. The lowest BCUT2D eigenvalue weighted by Crippen LogP contribution is -2.35. The molecule has 3 heterocycles. The first kappa shape index (κ1) is 16.8. The molecule has 1 fully saturated rings. The largest absolute Gasteiger partial charge is 0.465 e. The van der Waals surface area contributed by atoms with Gasteiger partial charge in [-0.25, -0.2) is 9.78 Å². The zero-order valence-corrected chi connectivity index (χ0v) is 13.8. The van der Waals surface area contributed by atoms with Crippen LogP contribution in [0, 0.1) is 17.0 Å². The van der Waals surface area contributed by atoms with Crippen molar-refractivity contribution >= 4 is 17.5 Å². The number of hydrogen-bond donors (Lipinski definition) is 0. The second-order valence-corrected chi connectivity index (χ2v) is 5.78. The van der Waals surface area contributed by atoms with Crippen molar-refractivity contribution in [3.8, 4) is 0 Å². The fourth-order valence-electron chi connectivity index (χ4n) is 2.90. The predicted molar refractivity (Wildman–Crippen MR) is 85.5 cm³/mol. The minimum Gasteiger partial charge on any atom is -0.465 e. The standard InChI is InChI=1S/C15H17N5O5/c1-9-17-14(25-18-9)10-4-3-5-19(8-10)13-12(20(22)23)6-11(7-16-13)15(21)24-2/h6-7,10H,3-5,8H2,1-2H3. The van der Waals surface area contributed by atoms with Gasteiger partial charge in [0, 0.05) is 25.4 Å². The van der Waals surface area contributed by atoms with Crippen molar-refractivity contribution in [2.75, 3.05) is 25.1 Å². The Kier molecular flexibility index (Phi) is 4.59. The summed E-state index contributed by atoms with van der Waals surface area (Å²) in [4.78, 5) is 32.7. The zero-order valence-electron chi connectivity index (χ0n) is 13.8. The summed E-state index contributed by atoms with van der Waals surface area (Å²) in [5, 5.41) is 15.2. The van der Waals surface area contributed by atoms with E-state index in [0.717, 1.165) is 12.8 Å². The van der Waals surface area contributed by atoms with Crippen LogP contribution in [0.4, 0.5) is 11.5 Å². The van der Waals surface area contributed by atoms with Gasteiger partial charge in [-0.2, -0.15) is 4.98 Å². The van der Waals surface area contributed by atoms with Crippen molar-refractivity contribution < 1.29 is 19.0 Å². The summed E-state index contributed by atoms with van der Waals surface area (Å²) in [6.45, 7) is 2.84. The highest BCUT2D eigenvalue weighted by molar-refractivity contribution is 5.90. The minimum atomic E-state index is -0.667. The van der Waals surface area contributed by atoms with Crippen LogP contribution in [0.3, 0.4) is 0 Å². The van der Waals surface area contributed by atoms with E-state index in [2.05, 4.69) is 19.9 Å². The first-order chi connectivity index (χ1) is 12.0. The van der Waals surface area contributed by atoms with E-state index in [-0.39, 0.29) is 23.0 Å². The number of carbonyl (C=O) groups excluding carboxylic acids is 1. The van der Waals surface area contributed by atoms with Crippen molar-refractivity contribution in [1.82, 2.24) is 15.1 Å². The maximum Gasteiger partial charge on any atom is 0.339 e. The molecular formula is C15H17N5O5. The van der Waals surface area contributed by atoms with Gasteiger partial charge < -0.3 is 14.2 Å². The molecule has 0 amide bonds. The molecule has 10 nitrogen and oxygen atoms in total. The zero-order chi connectivity index (χ0) is 18.0. The monoisotopic (exact) mass is 347 g/mol. The van der Waals surface area contributed by atoms with E-state index in [0.29, 0.717) is 24.8 Å². The number of piperidine rings is 1. The molecule has 0 radical (unpaired) electrons. The van der Waals surface area contributed by atoms with Crippen molar-refractivity contribution in [2.24, 2.45) is 0 Å². The van der Waals surface area contributed by atoms with E-state index >= 15 is 0 Å². The second kappa shape index (κ2) is 6.83. The molecule has 1 atom stereocenters. The SMILES string of the molecule is COC(=O)c1cnc(N2CCCC(c3nc(C)no3)C2)c([N+](=O)[O-])c1. The van der Waals surface area contributed by atoms with E-state index in [4.69, 9.17) is 4.52 Å². The van der Waals surface area contributed by atoms with Crippen molar-refractivity contribution in [3.63, 3.8) is 0 Å². The van der Waals surface area contributed by atoms with Crippen LogP contribution in [0.25, 0.3) is 0 Å². The Morgan fingerprint density at radius 3 is 2.96 bits per heavy atom. The molecule has 2 aromatic rings. The van der Waals surface area contributed by atoms with Gasteiger partial charge in [-0.05, 0) is 19.8 Å². The smallest absolute Gasteiger partial charge is 0.339 e. The second-order valence-electron chi connectivity index (χ2n) is 5.78.